The van der Waals surface area contributed by atoms with Gasteiger partial charge in [-0.2, -0.15) is 0 Å². The van der Waals surface area contributed by atoms with Crippen LogP contribution in [-0.2, 0) is 6.42 Å². The smallest absolute Gasteiger partial charge is 0.315 e. The number of nitrogens with zero attached hydrogens (tertiary/aromatic N) is 1. The van der Waals surface area contributed by atoms with Crippen LogP contribution in [-0.4, -0.2) is 48.4 Å². The van der Waals surface area contributed by atoms with Crippen LogP contribution in [0.1, 0.15) is 23.9 Å². The SMILES string of the molecule is COc1ccc(C[C@@H](NC(=O)N[C@@H]2CCNC[C@@H]2F)c2nc3ccccc3[nH]2)cc1. The van der Waals surface area contributed by atoms with E-state index < -0.39 is 24.3 Å². The van der Waals surface area contributed by atoms with Crippen LogP contribution in [0, 0.1) is 0 Å². The third kappa shape index (κ3) is 4.71. The van der Waals surface area contributed by atoms with Gasteiger partial charge in [-0.1, -0.05) is 24.3 Å². The number of carbonyl (C=O) groups is 1. The zero-order chi connectivity index (χ0) is 20.9. The minimum Gasteiger partial charge on any atom is -0.497 e. The molecule has 8 heteroatoms. The molecule has 2 heterocycles. The minimum absolute atomic E-state index is 0.254. The Kier molecular flexibility index (Phi) is 6.13. The highest BCUT2D eigenvalue weighted by atomic mass is 19.1. The average molecular weight is 411 g/mol. The first-order chi connectivity index (χ1) is 14.6. The molecule has 1 saturated heterocycles. The Hall–Kier alpha value is -3.13. The fourth-order valence-corrected chi connectivity index (χ4v) is 3.70. The molecule has 1 fully saturated rings. The molecule has 158 valence electrons. The van der Waals surface area contributed by atoms with E-state index in [0.29, 0.717) is 25.2 Å². The van der Waals surface area contributed by atoms with Gasteiger partial charge in [-0.05, 0) is 49.2 Å². The summed E-state index contributed by atoms with van der Waals surface area (Å²) in [4.78, 5) is 20.6. The van der Waals surface area contributed by atoms with Gasteiger partial charge >= 0.3 is 6.03 Å². The number of halogens is 1. The molecule has 0 unspecified atom stereocenters. The lowest BCUT2D eigenvalue weighted by Gasteiger charge is -2.28. The number of amides is 2. The minimum atomic E-state index is -1.10. The van der Waals surface area contributed by atoms with E-state index in [1.54, 1.807) is 7.11 Å². The number of nitrogens with one attached hydrogen (secondary N) is 4. The van der Waals surface area contributed by atoms with Crippen LogP contribution in [0.3, 0.4) is 0 Å². The number of para-hydroxylation sites is 2. The van der Waals surface area contributed by atoms with E-state index in [2.05, 4.69) is 25.9 Å². The number of alkyl halides is 1. The van der Waals surface area contributed by atoms with Gasteiger partial charge in [0.25, 0.3) is 0 Å². The molecule has 7 nitrogen and oxygen atoms in total. The van der Waals surface area contributed by atoms with Crippen LogP contribution in [0.2, 0.25) is 0 Å². The number of ether oxygens (including phenoxy) is 1. The summed E-state index contributed by atoms with van der Waals surface area (Å²) in [6, 6.07) is 14.1. The van der Waals surface area contributed by atoms with Crippen molar-refractivity contribution in [1.29, 1.82) is 0 Å². The third-order valence-electron chi connectivity index (χ3n) is 5.37. The Morgan fingerprint density at radius 2 is 2.07 bits per heavy atom. The summed E-state index contributed by atoms with van der Waals surface area (Å²) >= 11 is 0. The molecule has 1 aliphatic heterocycles. The number of benzene rings is 2. The molecule has 1 aliphatic rings. The second-order valence-corrected chi connectivity index (χ2v) is 7.48. The molecule has 30 heavy (non-hydrogen) atoms. The van der Waals surface area contributed by atoms with Gasteiger partial charge in [0, 0.05) is 6.54 Å². The van der Waals surface area contributed by atoms with E-state index in [0.717, 1.165) is 22.3 Å². The molecule has 0 aliphatic carbocycles. The van der Waals surface area contributed by atoms with Crippen molar-refractivity contribution in [1.82, 2.24) is 25.9 Å². The van der Waals surface area contributed by atoms with Crippen LogP contribution in [0.25, 0.3) is 11.0 Å². The molecule has 0 bridgehead atoms. The molecule has 0 spiro atoms. The number of piperidine rings is 1. The molecule has 3 aromatic rings. The summed E-state index contributed by atoms with van der Waals surface area (Å²) in [5.41, 5.74) is 2.75. The van der Waals surface area contributed by atoms with Crippen molar-refractivity contribution in [2.75, 3.05) is 20.2 Å². The number of methoxy groups -OCH3 is 1. The fourth-order valence-electron chi connectivity index (χ4n) is 3.70. The second-order valence-electron chi connectivity index (χ2n) is 7.48. The molecular formula is C22H26FN5O2. The molecule has 2 aromatic carbocycles. The molecule has 2 amide bonds. The number of rotatable bonds is 6. The number of hydrogen-bond donors (Lipinski definition) is 4. The topological polar surface area (TPSA) is 91.1 Å². The highest BCUT2D eigenvalue weighted by molar-refractivity contribution is 5.76. The lowest BCUT2D eigenvalue weighted by Crippen LogP contribution is -2.53. The van der Waals surface area contributed by atoms with Crippen LogP contribution in [0.4, 0.5) is 9.18 Å². The maximum atomic E-state index is 14.1. The number of carbonyl (C=O) groups excluding carboxylic acids is 1. The number of fused-ring (bicyclic) bond motifs is 1. The number of imidazole rings is 1. The Morgan fingerprint density at radius 1 is 1.27 bits per heavy atom. The van der Waals surface area contributed by atoms with Crippen molar-refractivity contribution in [2.24, 2.45) is 0 Å². The quantitative estimate of drug-likeness (QED) is 0.502. The Bertz CT molecular complexity index is 958. The summed E-state index contributed by atoms with van der Waals surface area (Å²) in [5.74, 6) is 1.42. The van der Waals surface area contributed by atoms with Crippen LogP contribution in [0.15, 0.2) is 48.5 Å². The monoisotopic (exact) mass is 411 g/mol. The largest absolute Gasteiger partial charge is 0.497 e. The first-order valence-electron chi connectivity index (χ1n) is 10.1. The number of aromatic amines is 1. The van der Waals surface area contributed by atoms with Gasteiger partial charge in [0.1, 0.15) is 17.7 Å². The standard InChI is InChI=1S/C22H26FN5O2/c1-30-15-8-6-14(7-9-15)12-20(21-25-18-4-2-3-5-19(18)26-21)28-22(29)27-17-10-11-24-13-16(17)23/h2-9,16-17,20,24H,10-13H2,1H3,(H,25,26)(H2,27,28,29)/t16-,17+,20+/m0/s1. The van der Waals surface area contributed by atoms with Gasteiger partial charge < -0.3 is 25.7 Å². The molecule has 4 N–H and O–H groups in total. The molecule has 1 aromatic heterocycles. The number of aromatic nitrogens is 2. The summed E-state index contributed by atoms with van der Waals surface area (Å²) < 4.78 is 19.3. The van der Waals surface area contributed by atoms with E-state index in [1.807, 2.05) is 48.5 Å². The third-order valence-corrected chi connectivity index (χ3v) is 5.37. The summed E-state index contributed by atoms with van der Waals surface area (Å²) in [6.45, 7) is 0.939. The summed E-state index contributed by atoms with van der Waals surface area (Å²) in [6.07, 6.45) is -0.0130. The van der Waals surface area contributed by atoms with E-state index in [4.69, 9.17) is 4.74 Å². The van der Waals surface area contributed by atoms with Gasteiger partial charge in [0.2, 0.25) is 0 Å². The summed E-state index contributed by atoms with van der Waals surface area (Å²) in [7, 11) is 1.62. The Morgan fingerprint density at radius 3 is 2.80 bits per heavy atom. The zero-order valence-electron chi connectivity index (χ0n) is 16.8. The number of hydrogen-bond acceptors (Lipinski definition) is 4. The van der Waals surface area contributed by atoms with Crippen molar-refractivity contribution in [3.63, 3.8) is 0 Å². The van der Waals surface area contributed by atoms with Crippen LogP contribution >= 0.6 is 0 Å². The maximum absolute atomic E-state index is 14.1. The molecule has 0 saturated carbocycles. The normalized spacial score (nSPS) is 19.9. The van der Waals surface area contributed by atoms with E-state index in [9.17, 15) is 9.18 Å². The predicted octanol–water partition coefficient (Wildman–Crippen LogP) is 2.85. The number of urea groups is 1. The highest BCUT2D eigenvalue weighted by Gasteiger charge is 2.27. The molecular weight excluding hydrogens is 385 g/mol. The van der Waals surface area contributed by atoms with Crippen molar-refractivity contribution in [3.05, 3.63) is 59.9 Å². The average Bonchev–Trinajstić information content (AvgIpc) is 3.20. The van der Waals surface area contributed by atoms with E-state index in [1.165, 1.54) is 0 Å². The van der Waals surface area contributed by atoms with Gasteiger partial charge in [-0.15, -0.1) is 0 Å². The van der Waals surface area contributed by atoms with Crippen molar-refractivity contribution < 1.29 is 13.9 Å². The maximum Gasteiger partial charge on any atom is 0.315 e. The lowest BCUT2D eigenvalue weighted by atomic mass is 10.0. The molecule has 4 rings (SSSR count). The predicted molar refractivity (Wildman–Crippen MR) is 113 cm³/mol. The van der Waals surface area contributed by atoms with Gasteiger partial charge in [0.15, 0.2) is 0 Å². The fraction of sp³-hybridized carbons (Fsp3) is 0.364. The zero-order valence-corrected chi connectivity index (χ0v) is 16.8. The van der Waals surface area contributed by atoms with Crippen LogP contribution < -0.4 is 20.7 Å². The number of H-pyrrole nitrogens is 1. The van der Waals surface area contributed by atoms with Crippen LogP contribution in [0.5, 0.6) is 5.75 Å². The molecule has 0 radical (unpaired) electrons. The van der Waals surface area contributed by atoms with Crippen molar-refractivity contribution >= 4 is 17.1 Å². The van der Waals surface area contributed by atoms with E-state index in [-0.39, 0.29) is 6.54 Å². The Labute approximate surface area is 174 Å². The van der Waals surface area contributed by atoms with E-state index >= 15 is 0 Å². The Balaban J connectivity index is 1.53. The first-order valence-corrected chi connectivity index (χ1v) is 10.1. The lowest BCUT2D eigenvalue weighted by molar-refractivity contribution is 0.190. The van der Waals surface area contributed by atoms with Gasteiger partial charge in [-0.3, -0.25) is 0 Å². The van der Waals surface area contributed by atoms with Crippen molar-refractivity contribution in [3.8, 4) is 5.75 Å². The second kappa shape index (κ2) is 9.13. The highest BCUT2D eigenvalue weighted by Crippen LogP contribution is 2.21. The summed E-state index contributed by atoms with van der Waals surface area (Å²) in [5, 5.41) is 8.75. The molecule has 3 atom stereocenters. The van der Waals surface area contributed by atoms with Crippen molar-refractivity contribution in [2.45, 2.75) is 31.1 Å². The van der Waals surface area contributed by atoms with Gasteiger partial charge in [-0.25, -0.2) is 14.2 Å². The first kappa shape index (κ1) is 20.2. The van der Waals surface area contributed by atoms with Gasteiger partial charge in [0.05, 0.1) is 30.2 Å².